The lowest BCUT2D eigenvalue weighted by atomic mass is 10.0. The average Bonchev–Trinajstić information content (AvgIpc) is 3.47. The molecule has 3 heterocycles. The van der Waals surface area contributed by atoms with Crippen molar-refractivity contribution in [3.8, 4) is 0 Å². The van der Waals surface area contributed by atoms with E-state index in [1.54, 1.807) is 17.2 Å². The van der Waals surface area contributed by atoms with Crippen LogP contribution in [0.1, 0.15) is 50.8 Å². The van der Waals surface area contributed by atoms with Crippen LogP contribution in [0, 0.1) is 5.92 Å². The Kier molecular flexibility index (Phi) is 5.97. The van der Waals surface area contributed by atoms with Crippen LogP contribution in [-0.2, 0) is 11.3 Å². The summed E-state index contributed by atoms with van der Waals surface area (Å²) in [6, 6.07) is 10.6. The maximum absolute atomic E-state index is 12.3. The van der Waals surface area contributed by atoms with E-state index in [4.69, 9.17) is 4.74 Å². The Morgan fingerprint density at radius 3 is 2.73 bits per heavy atom. The molecule has 2 saturated heterocycles. The number of carbonyl (C=O) groups is 1. The van der Waals surface area contributed by atoms with Gasteiger partial charge in [-0.3, -0.25) is 9.80 Å². The number of ether oxygens (including phenoxy) is 1. The van der Waals surface area contributed by atoms with E-state index < -0.39 is 0 Å². The molecule has 2 aromatic rings. The lowest BCUT2D eigenvalue weighted by molar-refractivity contribution is 0.134. The fourth-order valence-electron chi connectivity index (χ4n) is 4.92. The molecule has 1 aliphatic carbocycles. The van der Waals surface area contributed by atoms with Crippen LogP contribution in [-0.4, -0.2) is 58.8 Å². The minimum atomic E-state index is -0.348. The molecule has 2 N–H and O–H groups in total. The van der Waals surface area contributed by atoms with Crippen LogP contribution in [0.15, 0.2) is 36.5 Å². The van der Waals surface area contributed by atoms with E-state index in [2.05, 4.69) is 70.5 Å². The maximum Gasteiger partial charge on any atom is 0.415 e. The standard InChI is InChI=1S/C25H34N6O2/c1-17(2)21-15-33-24(32)31(21)22-8-11-27-23(29-22)28-18(3)20-6-4-19(5-7-20)14-30-13-12-26-16-25(30)9-10-25/h4-8,11,17-18,21,26H,9-10,12-16H2,1-3H3,(H,27,28,29)/t18-,21+/m0/s1. The largest absolute Gasteiger partial charge is 0.447 e. The molecule has 176 valence electrons. The van der Waals surface area contributed by atoms with Crippen LogP contribution in [0.25, 0.3) is 0 Å². The highest BCUT2D eigenvalue weighted by molar-refractivity contribution is 5.89. The number of benzene rings is 1. The lowest BCUT2D eigenvalue weighted by Gasteiger charge is -2.36. The Morgan fingerprint density at radius 1 is 1.21 bits per heavy atom. The SMILES string of the molecule is CC(C)[C@H]1COC(=O)N1c1ccnc(N[C@@H](C)c2ccc(CN3CCNCC34CC4)cc2)n1. The fourth-order valence-corrected chi connectivity index (χ4v) is 4.92. The molecule has 0 radical (unpaired) electrons. The highest BCUT2D eigenvalue weighted by Crippen LogP contribution is 2.43. The van der Waals surface area contributed by atoms with Gasteiger partial charge in [-0.2, -0.15) is 4.98 Å². The number of aromatic nitrogens is 2. The van der Waals surface area contributed by atoms with Crippen molar-refractivity contribution in [3.05, 3.63) is 47.7 Å². The second-order valence-corrected chi connectivity index (χ2v) is 9.93. The summed E-state index contributed by atoms with van der Waals surface area (Å²) in [7, 11) is 0. The van der Waals surface area contributed by atoms with Gasteiger partial charge in [0, 0.05) is 37.9 Å². The van der Waals surface area contributed by atoms with Crippen LogP contribution in [0.4, 0.5) is 16.6 Å². The van der Waals surface area contributed by atoms with E-state index >= 15 is 0 Å². The normalized spacial score (nSPS) is 23.1. The van der Waals surface area contributed by atoms with Crippen molar-refractivity contribution in [1.82, 2.24) is 20.2 Å². The van der Waals surface area contributed by atoms with Gasteiger partial charge >= 0.3 is 6.09 Å². The molecule has 8 heteroatoms. The van der Waals surface area contributed by atoms with Crippen molar-refractivity contribution in [1.29, 1.82) is 0 Å². The minimum absolute atomic E-state index is 0.0179. The van der Waals surface area contributed by atoms with Crippen LogP contribution in [0.5, 0.6) is 0 Å². The van der Waals surface area contributed by atoms with Crippen molar-refractivity contribution in [3.63, 3.8) is 0 Å². The molecular weight excluding hydrogens is 416 g/mol. The summed E-state index contributed by atoms with van der Waals surface area (Å²) >= 11 is 0. The summed E-state index contributed by atoms with van der Waals surface area (Å²) in [5.74, 6) is 1.35. The summed E-state index contributed by atoms with van der Waals surface area (Å²) in [5, 5.41) is 6.93. The summed E-state index contributed by atoms with van der Waals surface area (Å²) in [6.07, 6.45) is 3.96. The topological polar surface area (TPSA) is 82.6 Å². The number of piperazine rings is 1. The fraction of sp³-hybridized carbons (Fsp3) is 0.560. The first kappa shape index (κ1) is 22.1. The molecule has 1 saturated carbocycles. The van der Waals surface area contributed by atoms with E-state index in [0.717, 1.165) is 26.2 Å². The predicted molar refractivity (Wildman–Crippen MR) is 128 cm³/mol. The van der Waals surface area contributed by atoms with E-state index in [9.17, 15) is 4.79 Å². The van der Waals surface area contributed by atoms with Crippen molar-refractivity contribution in [2.45, 2.75) is 57.8 Å². The number of rotatable bonds is 7. The van der Waals surface area contributed by atoms with E-state index in [1.165, 1.54) is 24.0 Å². The van der Waals surface area contributed by atoms with Crippen molar-refractivity contribution in [2.24, 2.45) is 5.92 Å². The molecule has 1 aromatic carbocycles. The van der Waals surface area contributed by atoms with Gasteiger partial charge in [-0.1, -0.05) is 38.1 Å². The number of hydrogen-bond donors (Lipinski definition) is 2. The molecule has 8 nitrogen and oxygen atoms in total. The Hall–Kier alpha value is -2.71. The molecule has 0 bridgehead atoms. The summed E-state index contributed by atoms with van der Waals surface area (Å²) < 4.78 is 5.27. The number of hydrogen-bond acceptors (Lipinski definition) is 7. The Labute approximate surface area is 195 Å². The highest BCUT2D eigenvalue weighted by atomic mass is 16.6. The number of cyclic esters (lactones) is 1. The summed E-state index contributed by atoms with van der Waals surface area (Å²) in [6.45, 7) is 11.0. The third kappa shape index (κ3) is 4.54. The smallest absolute Gasteiger partial charge is 0.415 e. The van der Waals surface area contributed by atoms with Crippen LogP contribution >= 0.6 is 0 Å². The molecule has 1 spiro atoms. The second-order valence-electron chi connectivity index (χ2n) is 9.93. The van der Waals surface area contributed by atoms with Gasteiger partial charge in [0.1, 0.15) is 12.4 Å². The first-order valence-electron chi connectivity index (χ1n) is 12.1. The van der Waals surface area contributed by atoms with E-state index in [0.29, 0.717) is 23.9 Å². The molecule has 1 aromatic heterocycles. The first-order valence-corrected chi connectivity index (χ1v) is 12.1. The molecule has 2 atom stereocenters. The van der Waals surface area contributed by atoms with Crippen molar-refractivity contribution >= 4 is 17.9 Å². The minimum Gasteiger partial charge on any atom is -0.447 e. The number of nitrogens with one attached hydrogen (secondary N) is 2. The first-order chi connectivity index (χ1) is 15.9. The number of carbonyl (C=O) groups excluding carboxylic acids is 1. The summed E-state index contributed by atoms with van der Waals surface area (Å²) in [4.78, 5) is 25.6. The number of anilines is 2. The highest BCUT2D eigenvalue weighted by Gasteiger charge is 2.48. The average molecular weight is 451 g/mol. The molecule has 5 rings (SSSR count). The van der Waals surface area contributed by atoms with Crippen LogP contribution < -0.4 is 15.5 Å². The Balaban J connectivity index is 1.24. The van der Waals surface area contributed by atoms with Gasteiger partial charge in [-0.15, -0.1) is 0 Å². The van der Waals surface area contributed by atoms with Gasteiger partial charge in [-0.25, -0.2) is 9.78 Å². The van der Waals surface area contributed by atoms with Crippen LogP contribution in [0.2, 0.25) is 0 Å². The third-order valence-corrected chi connectivity index (χ3v) is 7.27. The zero-order valence-corrected chi connectivity index (χ0v) is 19.8. The number of amides is 1. The van der Waals surface area contributed by atoms with Crippen LogP contribution in [0.3, 0.4) is 0 Å². The zero-order chi connectivity index (χ0) is 23.0. The molecule has 3 fully saturated rings. The molecule has 33 heavy (non-hydrogen) atoms. The zero-order valence-electron chi connectivity index (χ0n) is 19.8. The van der Waals surface area contributed by atoms with Gasteiger partial charge in [-0.05, 0) is 42.9 Å². The molecule has 2 aliphatic heterocycles. The van der Waals surface area contributed by atoms with Crippen molar-refractivity contribution < 1.29 is 9.53 Å². The second kappa shape index (κ2) is 8.91. The molecule has 3 aliphatic rings. The van der Waals surface area contributed by atoms with Gasteiger partial charge in [0.15, 0.2) is 0 Å². The monoisotopic (exact) mass is 450 g/mol. The number of nitrogens with zero attached hydrogens (tertiary/aromatic N) is 4. The lowest BCUT2D eigenvalue weighted by Crippen LogP contribution is -2.52. The Morgan fingerprint density at radius 2 is 2.00 bits per heavy atom. The van der Waals surface area contributed by atoms with Gasteiger partial charge in [0.25, 0.3) is 0 Å². The summed E-state index contributed by atoms with van der Waals surface area (Å²) in [5.41, 5.74) is 2.93. The van der Waals surface area contributed by atoms with E-state index in [1.807, 2.05) is 0 Å². The predicted octanol–water partition coefficient (Wildman–Crippen LogP) is 3.57. The van der Waals surface area contributed by atoms with Gasteiger partial charge in [0.2, 0.25) is 5.95 Å². The molecule has 0 unspecified atom stereocenters. The quantitative estimate of drug-likeness (QED) is 0.667. The maximum atomic E-state index is 12.3. The van der Waals surface area contributed by atoms with Gasteiger partial charge < -0.3 is 15.4 Å². The van der Waals surface area contributed by atoms with E-state index in [-0.39, 0.29) is 24.1 Å². The third-order valence-electron chi connectivity index (χ3n) is 7.27. The van der Waals surface area contributed by atoms with Crippen molar-refractivity contribution in [2.75, 3.05) is 36.5 Å². The Bertz CT molecular complexity index is 991. The molecular formula is C25H34N6O2. The molecule has 1 amide bonds. The van der Waals surface area contributed by atoms with Gasteiger partial charge in [0.05, 0.1) is 12.1 Å².